The summed E-state index contributed by atoms with van der Waals surface area (Å²) in [5.41, 5.74) is -0.645. The third-order valence-electron chi connectivity index (χ3n) is 6.02. The number of nitriles is 1. The Hall–Kier alpha value is -1.88. The molecule has 1 fully saturated rings. The van der Waals surface area contributed by atoms with Gasteiger partial charge in [0.25, 0.3) is 0 Å². The number of aliphatic hydroxyl groups excluding tert-OH is 1. The Balaban J connectivity index is 1.67. The number of hydrogen-bond acceptors (Lipinski definition) is 6. The maximum atomic E-state index is 13.0. The number of aliphatic hydroxyl groups is 1. The number of hydrogen-bond donors (Lipinski definition) is 1. The molecule has 0 bridgehead atoms. The molecule has 0 spiro atoms. The van der Waals surface area contributed by atoms with Crippen LogP contribution in [0.5, 0.6) is 0 Å². The van der Waals surface area contributed by atoms with E-state index in [0.717, 1.165) is 16.4 Å². The molecule has 1 aliphatic heterocycles. The molecule has 3 heterocycles. The van der Waals surface area contributed by atoms with Gasteiger partial charge in [0, 0.05) is 30.9 Å². The van der Waals surface area contributed by atoms with E-state index in [0.29, 0.717) is 25.9 Å². The zero-order valence-corrected chi connectivity index (χ0v) is 18.9. The Morgan fingerprint density at radius 1 is 1.34 bits per heavy atom. The molecule has 2 aromatic rings. The van der Waals surface area contributed by atoms with Gasteiger partial charge in [0.2, 0.25) is 5.91 Å². The molecule has 3 unspecified atom stereocenters. The second-order valence-electron chi connectivity index (χ2n) is 7.89. The number of β-amino-alcohol motifs (C(OH)–C–C–N with tert-alkyl or cyclic N) is 1. The zero-order valence-electron chi connectivity index (χ0n) is 17.2. The minimum atomic E-state index is -0.645. The second-order valence-corrected chi connectivity index (χ2v) is 9.76. The number of likely N-dealkylation sites (N-methyl/N-ethyl adjacent to an activating group) is 1. The highest BCUT2D eigenvalue weighted by Gasteiger charge is 2.40. The quantitative estimate of drug-likeness (QED) is 0.683. The first-order chi connectivity index (χ1) is 13.9. The Morgan fingerprint density at radius 3 is 2.62 bits per heavy atom. The van der Waals surface area contributed by atoms with Crippen molar-refractivity contribution in [3.05, 3.63) is 39.9 Å². The maximum absolute atomic E-state index is 13.0. The normalized spacial score (nSPS) is 21.2. The minimum Gasteiger partial charge on any atom is -0.389 e. The molecule has 0 aliphatic carbocycles. The SMILES string of the molecule is CCN(c1cccs1)C1CN(C(=O)CCC(C#N)(c2cccs2)C(C)C)CC1O. The van der Waals surface area contributed by atoms with E-state index in [2.05, 4.69) is 24.0 Å². The highest BCUT2D eigenvalue weighted by molar-refractivity contribution is 7.14. The largest absolute Gasteiger partial charge is 0.389 e. The number of likely N-dealkylation sites (tertiary alicyclic amines) is 1. The molecular weight excluding hydrogens is 402 g/mol. The van der Waals surface area contributed by atoms with Crippen LogP contribution in [-0.4, -0.2) is 47.7 Å². The molecule has 0 aromatic carbocycles. The summed E-state index contributed by atoms with van der Waals surface area (Å²) >= 11 is 3.23. The lowest BCUT2D eigenvalue weighted by Crippen LogP contribution is -2.43. The van der Waals surface area contributed by atoms with Gasteiger partial charge in [-0.3, -0.25) is 4.79 Å². The van der Waals surface area contributed by atoms with E-state index in [-0.39, 0.29) is 17.9 Å². The monoisotopic (exact) mass is 431 g/mol. The number of amides is 1. The average molecular weight is 432 g/mol. The van der Waals surface area contributed by atoms with Crippen LogP contribution in [0.4, 0.5) is 5.00 Å². The smallest absolute Gasteiger partial charge is 0.222 e. The number of carbonyl (C=O) groups excluding carboxylic acids is 1. The van der Waals surface area contributed by atoms with E-state index in [1.807, 2.05) is 42.8 Å². The van der Waals surface area contributed by atoms with Crippen molar-refractivity contribution in [2.45, 2.75) is 51.2 Å². The van der Waals surface area contributed by atoms with Crippen molar-refractivity contribution >= 4 is 33.6 Å². The van der Waals surface area contributed by atoms with E-state index in [9.17, 15) is 15.2 Å². The Bertz CT molecular complexity index is 829. The second kappa shape index (κ2) is 9.29. The Labute approximate surface area is 181 Å². The lowest BCUT2D eigenvalue weighted by atomic mass is 9.73. The Kier molecular flexibility index (Phi) is 6.99. The number of thiophene rings is 2. The molecule has 29 heavy (non-hydrogen) atoms. The van der Waals surface area contributed by atoms with Crippen LogP contribution in [0.3, 0.4) is 0 Å². The third kappa shape index (κ3) is 4.35. The number of anilines is 1. The molecule has 156 valence electrons. The first-order valence-corrected chi connectivity index (χ1v) is 11.9. The van der Waals surface area contributed by atoms with Crippen LogP contribution in [0.1, 0.15) is 38.5 Å². The molecule has 7 heteroatoms. The summed E-state index contributed by atoms with van der Waals surface area (Å²) in [4.78, 5) is 18.0. The molecule has 1 N–H and O–H groups in total. The van der Waals surface area contributed by atoms with E-state index >= 15 is 0 Å². The van der Waals surface area contributed by atoms with Crippen LogP contribution in [0, 0.1) is 17.2 Å². The summed E-state index contributed by atoms with van der Waals surface area (Å²) in [6.45, 7) is 7.82. The number of carbonyl (C=O) groups is 1. The van der Waals surface area contributed by atoms with Crippen LogP contribution in [-0.2, 0) is 10.2 Å². The molecule has 3 atom stereocenters. The first-order valence-electron chi connectivity index (χ1n) is 10.1. The van der Waals surface area contributed by atoms with Crippen LogP contribution in [0.15, 0.2) is 35.0 Å². The minimum absolute atomic E-state index is 0.0191. The zero-order chi connectivity index (χ0) is 21.0. The van der Waals surface area contributed by atoms with Crippen molar-refractivity contribution in [1.82, 2.24) is 4.90 Å². The maximum Gasteiger partial charge on any atom is 0.222 e. The van der Waals surface area contributed by atoms with Gasteiger partial charge < -0.3 is 14.9 Å². The van der Waals surface area contributed by atoms with Gasteiger partial charge in [0.15, 0.2) is 0 Å². The lowest BCUT2D eigenvalue weighted by molar-refractivity contribution is -0.130. The topological polar surface area (TPSA) is 67.6 Å². The molecule has 0 radical (unpaired) electrons. The van der Waals surface area contributed by atoms with Crippen LogP contribution in [0.25, 0.3) is 0 Å². The molecular formula is C22H29N3O2S2. The molecule has 0 saturated carbocycles. The van der Waals surface area contributed by atoms with Gasteiger partial charge in [0.1, 0.15) is 0 Å². The van der Waals surface area contributed by atoms with Gasteiger partial charge in [-0.15, -0.1) is 22.7 Å². The summed E-state index contributed by atoms with van der Waals surface area (Å²) in [6.07, 6.45) is 0.248. The molecule has 1 amide bonds. The van der Waals surface area contributed by atoms with Gasteiger partial charge in [-0.2, -0.15) is 5.26 Å². The van der Waals surface area contributed by atoms with E-state index in [1.165, 1.54) is 0 Å². The van der Waals surface area contributed by atoms with Crippen molar-refractivity contribution in [2.75, 3.05) is 24.5 Å². The summed E-state index contributed by atoms with van der Waals surface area (Å²) < 4.78 is 0. The first kappa shape index (κ1) is 21.8. The van der Waals surface area contributed by atoms with Crippen LogP contribution >= 0.6 is 22.7 Å². The average Bonchev–Trinajstić information content (AvgIpc) is 3.46. The molecule has 2 aromatic heterocycles. The van der Waals surface area contributed by atoms with Crippen molar-refractivity contribution in [3.63, 3.8) is 0 Å². The van der Waals surface area contributed by atoms with Gasteiger partial charge in [-0.25, -0.2) is 0 Å². The predicted octanol–water partition coefficient (Wildman–Crippen LogP) is 4.11. The highest BCUT2D eigenvalue weighted by atomic mass is 32.1. The van der Waals surface area contributed by atoms with Crippen molar-refractivity contribution < 1.29 is 9.90 Å². The van der Waals surface area contributed by atoms with E-state index in [1.54, 1.807) is 27.6 Å². The predicted molar refractivity (Wildman–Crippen MR) is 119 cm³/mol. The fraction of sp³-hybridized carbons (Fsp3) is 0.545. The number of rotatable bonds is 8. The summed E-state index contributed by atoms with van der Waals surface area (Å²) in [5, 5.41) is 25.7. The van der Waals surface area contributed by atoms with Gasteiger partial charge in [-0.1, -0.05) is 19.9 Å². The Morgan fingerprint density at radius 2 is 2.07 bits per heavy atom. The van der Waals surface area contributed by atoms with Crippen LogP contribution in [0.2, 0.25) is 0 Å². The van der Waals surface area contributed by atoms with Crippen LogP contribution < -0.4 is 4.90 Å². The van der Waals surface area contributed by atoms with Crippen molar-refractivity contribution in [1.29, 1.82) is 5.26 Å². The molecule has 5 nitrogen and oxygen atoms in total. The summed E-state index contributed by atoms with van der Waals surface area (Å²) in [7, 11) is 0. The van der Waals surface area contributed by atoms with Crippen molar-refractivity contribution in [2.24, 2.45) is 5.92 Å². The fourth-order valence-corrected chi connectivity index (χ4v) is 6.11. The van der Waals surface area contributed by atoms with Gasteiger partial charge in [0.05, 0.1) is 28.6 Å². The van der Waals surface area contributed by atoms with Crippen molar-refractivity contribution in [3.8, 4) is 6.07 Å². The third-order valence-corrected chi connectivity index (χ3v) is 7.97. The van der Waals surface area contributed by atoms with Gasteiger partial charge in [-0.05, 0) is 48.2 Å². The van der Waals surface area contributed by atoms with E-state index < -0.39 is 11.5 Å². The van der Waals surface area contributed by atoms with E-state index in [4.69, 9.17) is 0 Å². The molecule has 3 rings (SSSR count). The summed E-state index contributed by atoms with van der Waals surface area (Å²) in [6, 6.07) is 10.4. The molecule has 1 saturated heterocycles. The standard InChI is InChI=1S/C22H29N3O2S2/c1-4-25(21-8-6-12-29-21)17-13-24(14-18(17)26)20(27)9-10-22(15-23,16(2)3)19-7-5-11-28-19/h5-8,11-12,16-18,26H,4,9-10,13-14H2,1-3H3. The summed E-state index contributed by atoms with van der Waals surface area (Å²) in [5.74, 6) is 0.135. The number of nitrogens with zero attached hydrogens (tertiary/aromatic N) is 3. The van der Waals surface area contributed by atoms with Gasteiger partial charge >= 0.3 is 0 Å². The molecule has 1 aliphatic rings. The fourth-order valence-electron chi connectivity index (χ4n) is 4.20. The lowest BCUT2D eigenvalue weighted by Gasteiger charge is -2.31. The highest BCUT2D eigenvalue weighted by Crippen LogP contribution is 2.39.